The van der Waals surface area contributed by atoms with Crippen LogP contribution >= 0.6 is 0 Å². The molecule has 4 rings (SSSR count). The molecule has 0 spiro atoms. The molecule has 1 aromatic carbocycles. The van der Waals surface area contributed by atoms with Gasteiger partial charge in [-0.2, -0.15) is 0 Å². The quantitative estimate of drug-likeness (QED) is 0.861. The molecule has 22 heavy (non-hydrogen) atoms. The van der Waals surface area contributed by atoms with Gasteiger partial charge in [-0.3, -0.25) is 0 Å². The minimum atomic E-state index is 0.394. The van der Waals surface area contributed by atoms with Gasteiger partial charge in [-0.15, -0.1) is 0 Å². The van der Waals surface area contributed by atoms with Crippen LogP contribution in [0.25, 0.3) is 0 Å². The van der Waals surface area contributed by atoms with Crippen LogP contribution in [0.15, 0.2) is 18.2 Å². The molecule has 2 fully saturated rings. The highest BCUT2D eigenvalue weighted by Gasteiger charge is 2.55. The fraction of sp³-hybridized carbons (Fsp3) is 0.700. The van der Waals surface area contributed by atoms with Gasteiger partial charge in [-0.1, -0.05) is 13.0 Å². The maximum atomic E-state index is 9.75. The Balaban J connectivity index is 1.64. The average Bonchev–Trinajstić information content (AvgIpc) is 2.84. The molecule has 1 N–H and O–H groups in total. The Labute approximate surface area is 133 Å². The van der Waals surface area contributed by atoms with E-state index in [1.807, 2.05) is 12.1 Å². The van der Waals surface area contributed by atoms with Gasteiger partial charge in [-0.05, 0) is 91.9 Å². The molecule has 3 aliphatic carbocycles. The van der Waals surface area contributed by atoms with Gasteiger partial charge in [-0.25, -0.2) is 0 Å². The largest absolute Gasteiger partial charge is 0.508 e. The standard InChI is InChI=1S/C20H28O2/c1-3-22-19-9-8-18-17-6-4-13-12-14(21)5-7-15(13)16(17)10-11-20(18,19)2/h5,7,12,16-19,21H,3-4,6,8-11H2,1-2H3/t16-,17-,18+,19+,20+/m1/s1. The Morgan fingerprint density at radius 3 is 2.91 bits per heavy atom. The van der Waals surface area contributed by atoms with Gasteiger partial charge < -0.3 is 9.84 Å². The topological polar surface area (TPSA) is 29.5 Å². The van der Waals surface area contributed by atoms with Crippen molar-refractivity contribution in [2.24, 2.45) is 17.3 Å². The number of aryl methyl sites for hydroxylation is 1. The van der Waals surface area contributed by atoms with Gasteiger partial charge >= 0.3 is 0 Å². The highest BCUT2D eigenvalue weighted by atomic mass is 16.5. The second-order valence-corrected chi connectivity index (χ2v) is 7.86. The fourth-order valence-electron chi connectivity index (χ4n) is 6.00. The molecule has 5 atom stereocenters. The lowest BCUT2D eigenvalue weighted by molar-refractivity contribution is -0.0600. The number of fused-ring (bicyclic) bond motifs is 5. The first-order valence-electron chi connectivity index (χ1n) is 9.07. The molecular weight excluding hydrogens is 272 g/mol. The lowest BCUT2D eigenvalue weighted by atomic mass is 9.55. The molecule has 0 amide bonds. The zero-order valence-electron chi connectivity index (χ0n) is 13.8. The summed E-state index contributed by atoms with van der Waals surface area (Å²) in [6.45, 7) is 5.47. The number of aromatic hydroxyl groups is 1. The second-order valence-electron chi connectivity index (χ2n) is 7.86. The summed E-state index contributed by atoms with van der Waals surface area (Å²) in [5.74, 6) is 2.78. The first-order valence-corrected chi connectivity index (χ1v) is 9.07. The van der Waals surface area contributed by atoms with E-state index in [0.717, 1.165) is 24.9 Å². The van der Waals surface area contributed by atoms with E-state index in [-0.39, 0.29) is 0 Å². The normalized spacial score (nSPS) is 39.9. The summed E-state index contributed by atoms with van der Waals surface area (Å²) in [7, 11) is 0. The number of phenolic OH excluding ortho intramolecular Hbond substituents is 1. The number of rotatable bonds is 2. The van der Waals surface area contributed by atoms with Crippen LogP contribution in [0.2, 0.25) is 0 Å². The van der Waals surface area contributed by atoms with Gasteiger partial charge in [0.25, 0.3) is 0 Å². The van der Waals surface area contributed by atoms with Gasteiger partial charge in [0, 0.05) is 6.61 Å². The van der Waals surface area contributed by atoms with Crippen molar-refractivity contribution < 1.29 is 9.84 Å². The second kappa shape index (κ2) is 5.26. The van der Waals surface area contributed by atoms with Crippen LogP contribution in [-0.2, 0) is 11.2 Å². The third kappa shape index (κ3) is 2.03. The van der Waals surface area contributed by atoms with Crippen LogP contribution in [0.4, 0.5) is 0 Å². The Kier molecular flexibility index (Phi) is 3.48. The molecule has 120 valence electrons. The zero-order valence-corrected chi connectivity index (χ0v) is 13.8. The smallest absolute Gasteiger partial charge is 0.115 e. The molecule has 2 nitrogen and oxygen atoms in total. The molecule has 1 aromatic rings. The summed E-state index contributed by atoms with van der Waals surface area (Å²) in [5.41, 5.74) is 3.31. The summed E-state index contributed by atoms with van der Waals surface area (Å²) in [5, 5.41) is 9.75. The molecule has 3 aliphatic rings. The fourth-order valence-corrected chi connectivity index (χ4v) is 6.00. The van der Waals surface area contributed by atoms with Crippen molar-refractivity contribution >= 4 is 0 Å². The minimum Gasteiger partial charge on any atom is -0.508 e. The number of ether oxygens (including phenoxy) is 1. The van der Waals surface area contributed by atoms with E-state index in [2.05, 4.69) is 19.9 Å². The van der Waals surface area contributed by atoms with Crippen LogP contribution in [0.5, 0.6) is 5.75 Å². The Morgan fingerprint density at radius 1 is 1.23 bits per heavy atom. The molecule has 0 unspecified atom stereocenters. The van der Waals surface area contributed by atoms with E-state index < -0.39 is 0 Å². The minimum absolute atomic E-state index is 0.394. The molecule has 2 heteroatoms. The average molecular weight is 300 g/mol. The summed E-state index contributed by atoms with van der Waals surface area (Å²) < 4.78 is 6.11. The highest BCUT2D eigenvalue weighted by molar-refractivity contribution is 5.40. The molecule has 0 saturated heterocycles. The molecular formula is C20H28O2. The Morgan fingerprint density at radius 2 is 2.09 bits per heavy atom. The first kappa shape index (κ1) is 14.6. The predicted molar refractivity (Wildman–Crippen MR) is 88.1 cm³/mol. The monoisotopic (exact) mass is 300 g/mol. The van der Waals surface area contributed by atoms with Crippen molar-refractivity contribution in [1.82, 2.24) is 0 Å². The van der Waals surface area contributed by atoms with Crippen molar-refractivity contribution in [2.45, 2.75) is 64.4 Å². The van der Waals surface area contributed by atoms with Crippen molar-refractivity contribution in [3.63, 3.8) is 0 Å². The molecule has 0 aromatic heterocycles. The summed E-state index contributed by atoms with van der Waals surface area (Å²) in [4.78, 5) is 0. The van der Waals surface area contributed by atoms with Gasteiger partial charge in [0.05, 0.1) is 6.10 Å². The van der Waals surface area contributed by atoms with E-state index in [1.54, 1.807) is 0 Å². The molecule has 0 bridgehead atoms. The van der Waals surface area contributed by atoms with Crippen molar-refractivity contribution in [1.29, 1.82) is 0 Å². The summed E-state index contributed by atoms with van der Waals surface area (Å²) >= 11 is 0. The Bertz CT molecular complexity index is 567. The van der Waals surface area contributed by atoms with E-state index in [1.165, 1.54) is 43.2 Å². The van der Waals surface area contributed by atoms with Crippen LogP contribution in [0.1, 0.15) is 63.0 Å². The van der Waals surface area contributed by atoms with Gasteiger partial charge in [0.2, 0.25) is 0 Å². The first-order chi connectivity index (χ1) is 10.6. The van der Waals surface area contributed by atoms with Gasteiger partial charge in [0.15, 0.2) is 0 Å². The number of benzene rings is 1. The van der Waals surface area contributed by atoms with E-state index in [0.29, 0.717) is 23.2 Å². The number of hydrogen-bond donors (Lipinski definition) is 1. The van der Waals surface area contributed by atoms with E-state index in [4.69, 9.17) is 4.74 Å². The van der Waals surface area contributed by atoms with Crippen LogP contribution < -0.4 is 0 Å². The van der Waals surface area contributed by atoms with E-state index >= 15 is 0 Å². The number of phenols is 1. The van der Waals surface area contributed by atoms with Crippen molar-refractivity contribution in [3.05, 3.63) is 29.3 Å². The predicted octanol–water partition coefficient (Wildman–Crippen LogP) is 4.65. The Hall–Kier alpha value is -1.02. The van der Waals surface area contributed by atoms with Crippen LogP contribution in [0.3, 0.4) is 0 Å². The maximum absolute atomic E-state index is 9.75. The molecule has 0 radical (unpaired) electrons. The lowest BCUT2D eigenvalue weighted by Crippen LogP contribution is -2.44. The lowest BCUT2D eigenvalue weighted by Gasteiger charge is -2.50. The van der Waals surface area contributed by atoms with Gasteiger partial charge in [0.1, 0.15) is 5.75 Å². The third-order valence-electron chi connectivity index (χ3n) is 6.99. The van der Waals surface area contributed by atoms with Crippen LogP contribution in [-0.4, -0.2) is 17.8 Å². The number of hydrogen-bond acceptors (Lipinski definition) is 2. The summed E-state index contributed by atoms with van der Waals surface area (Å²) in [6, 6.07) is 6.07. The molecule has 2 saturated carbocycles. The van der Waals surface area contributed by atoms with Crippen LogP contribution in [0, 0.1) is 17.3 Å². The van der Waals surface area contributed by atoms with Crippen molar-refractivity contribution in [2.75, 3.05) is 6.61 Å². The molecule has 0 heterocycles. The maximum Gasteiger partial charge on any atom is 0.115 e. The zero-order chi connectivity index (χ0) is 15.3. The summed E-state index contributed by atoms with van der Waals surface area (Å²) in [6.07, 6.45) is 8.08. The van der Waals surface area contributed by atoms with Crippen molar-refractivity contribution in [3.8, 4) is 5.75 Å². The van der Waals surface area contributed by atoms with E-state index in [9.17, 15) is 5.11 Å². The highest BCUT2D eigenvalue weighted by Crippen LogP contribution is 2.61. The molecule has 0 aliphatic heterocycles. The third-order valence-corrected chi connectivity index (χ3v) is 6.99. The SMILES string of the molecule is CCO[C@H]1CC[C@H]2[C@@H]3CCc4cc(O)ccc4[C@H]3CC[C@]12C.